The lowest BCUT2D eigenvalue weighted by atomic mass is 10.1. The van der Waals surface area contributed by atoms with Crippen molar-refractivity contribution in [2.75, 3.05) is 20.3 Å². The molecule has 0 saturated heterocycles. The SMILES string of the molecule is COc1ccc(-c2cncc(C(=O)NCCO)c2)cc1. The van der Waals surface area contributed by atoms with Crippen LogP contribution in [0.15, 0.2) is 42.7 Å². The van der Waals surface area contributed by atoms with Crippen LogP contribution < -0.4 is 10.1 Å². The lowest BCUT2D eigenvalue weighted by Crippen LogP contribution is -2.26. The molecule has 0 bridgehead atoms. The average molecular weight is 272 g/mol. The maximum Gasteiger partial charge on any atom is 0.252 e. The van der Waals surface area contributed by atoms with Gasteiger partial charge in [-0.05, 0) is 23.8 Å². The van der Waals surface area contributed by atoms with E-state index in [2.05, 4.69) is 10.3 Å². The van der Waals surface area contributed by atoms with Crippen LogP contribution in [0.5, 0.6) is 5.75 Å². The van der Waals surface area contributed by atoms with E-state index in [0.717, 1.165) is 16.9 Å². The summed E-state index contributed by atoms with van der Waals surface area (Å²) in [6, 6.07) is 9.29. The Bertz CT molecular complexity index is 582. The Morgan fingerprint density at radius 1 is 1.25 bits per heavy atom. The second-order valence-electron chi connectivity index (χ2n) is 4.17. The van der Waals surface area contributed by atoms with Gasteiger partial charge >= 0.3 is 0 Å². The summed E-state index contributed by atoms with van der Waals surface area (Å²) >= 11 is 0. The Morgan fingerprint density at radius 2 is 2.00 bits per heavy atom. The smallest absolute Gasteiger partial charge is 0.252 e. The molecule has 5 nitrogen and oxygen atoms in total. The number of carbonyl (C=O) groups excluding carboxylic acids is 1. The molecule has 0 fully saturated rings. The van der Waals surface area contributed by atoms with Crippen molar-refractivity contribution in [2.24, 2.45) is 0 Å². The quantitative estimate of drug-likeness (QED) is 0.865. The Kier molecular flexibility index (Phi) is 4.68. The van der Waals surface area contributed by atoms with Crippen LogP contribution in [0, 0.1) is 0 Å². The number of ether oxygens (including phenoxy) is 1. The van der Waals surface area contributed by atoms with Gasteiger partial charge in [-0.1, -0.05) is 12.1 Å². The third kappa shape index (κ3) is 3.33. The van der Waals surface area contributed by atoms with Gasteiger partial charge in [0.25, 0.3) is 5.91 Å². The van der Waals surface area contributed by atoms with E-state index in [0.29, 0.717) is 5.56 Å². The lowest BCUT2D eigenvalue weighted by molar-refractivity contribution is 0.0944. The highest BCUT2D eigenvalue weighted by Gasteiger charge is 2.07. The number of rotatable bonds is 5. The van der Waals surface area contributed by atoms with Crippen LogP contribution in [-0.2, 0) is 0 Å². The number of aliphatic hydroxyl groups is 1. The topological polar surface area (TPSA) is 71.5 Å². The Balaban J connectivity index is 2.22. The highest BCUT2D eigenvalue weighted by atomic mass is 16.5. The second-order valence-corrected chi connectivity index (χ2v) is 4.17. The van der Waals surface area contributed by atoms with E-state index in [1.807, 2.05) is 24.3 Å². The fraction of sp³-hybridized carbons (Fsp3) is 0.200. The molecule has 20 heavy (non-hydrogen) atoms. The van der Waals surface area contributed by atoms with E-state index in [1.165, 1.54) is 6.20 Å². The van der Waals surface area contributed by atoms with Crippen LogP contribution in [0.3, 0.4) is 0 Å². The van der Waals surface area contributed by atoms with E-state index in [-0.39, 0.29) is 19.1 Å². The van der Waals surface area contributed by atoms with Gasteiger partial charge in [-0.2, -0.15) is 0 Å². The van der Waals surface area contributed by atoms with Crippen LogP contribution in [-0.4, -0.2) is 36.3 Å². The molecule has 1 aromatic carbocycles. The van der Waals surface area contributed by atoms with Crippen LogP contribution in [0.1, 0.15) is 10.4 Å². The van der Waals surface area contributed by atoms with Crippen molar-refractivity contribution in [1.82, 2.24) is 10.3 Å². The van der Waals surface area contributed by atoms with Gasteiger partial charge in [0.1, 0.15) is 5.75 Å². The fourth-order valence-electron chi connectivity index (χ4n) is 1.78. The van der Waals surface area contributed by atoms with Gasteiger partial charge in [-0.25, -0.2) is 0 Å². The molecular weight excluding hydrogens is 256 g/mol. The van der Waals surface area contributed by atoms with Crippen molar-refractivity contribution in [2.45, 2.75) is 0 Å². The zero-order valence-electron chi connectivity index (χ0n) is 11.2. The van der Waals surface area contributed by atoms with Crippen LogP contribution >= 0.6 is 0 Å². The standard InChI is InChI=1S/C15H16N2O3/c1-20-14-4-2-11(3-5-14)12-8-13(10-16-9-12)15(19)17-6-7-18/h2-5,8-10,18H,6-7H2,1H3,(H,17,19). The number of hydrogen-bond acceptors (Lipinski definition) is 4. The van der Waals surface area contributed by atoms with Gasteiger partial charge in [-0.3, -0.25) is 9.78 Å². The van der Waals surface area contributed by atoms with Gasteiger partial charge < -0.3 is 15.2 Å². The molecule has 1 heterocycles. The predicted molar refractivity (Wildman–Crippen MR) is 75.6 cm³/mol. The minimum atomic E-state index is -0.248. The molecular formula is C15H16N2O3. The summed E-state index contributed by atoms with van der Waals surface area (Å²) in [6.07, 6.45) is 3.20. The molecule has 2 N–H and O–H groups in total. The number of amides is 1. The third-order valence-corrected chi connectivity index (χ3v) is 2.82. The van der Waals surface area contributed by atoms with Crippen LogP contribution in [0.2, 0.25) is 0 Å². The molecule has 0 saturated carbocycles. The lowest BCUT2D eigenvalue weighted by Gasteiger charge is -2.06. The average Bonchev–Trinajstić information content (AvgIpc) is 2.52. The minimum Gasteiger partial charge on any atom is -0.497 e. The van der Waals surface area contributed by atoms with Crippen LogP contribution in [0.25, 0.3) is 11.1 Å². The van der Waals surface area contributed by atoms with E-state index in [4.69, 9.17) is 9.84 Å². The summed E-state index contributed by atoms with van der Waals surface area (Å²) in [5.74, 6) is 0.528. The molecule has 2 rings (SSSR count). The number of nitrogens with one attached hydrogen (secondary N) is 1. The van der Waals surface area contributed by atoms with Crippen molar-refractivity contribution >= 4 is 5.91 Å². The number of carbonyl (C=O) groups is 1. The van der Waals surface area contributed by atoms with Crippen molar-refractivity contribution in [1.29, 1.82) is 0 Å². The van der Waals surface area contributed by atoms with Crippen molar-refractivity contribution < 1.29 is 14.6 Å². The van der Waals surface area contributed by atoms with Gasteiger partial charge in [0.2, 0.25) is 0 Å². The fourth-order valence-corrected chi connectivity index (χ4v) is 1.78. The number of methoxy groups -OCH3 is 1. The normalized spacial score (nSPS) is 10.1. The van der Waals surface area contributed by atoms with E-state index < -0.39 is 0 Å². The summed E-state index contributed by atoms with van der Waals surface area (Å²) in [5.41, 5.74) is 2.27. The predicted octanol–water partition coefficient (Wildman–Crippen LogP) is 1.48. The Labute approximate surface area is 117 Å². The molecule has 0 aliphatic carbocycles. The van der Waals surface area contributed by atoms with Gasteiger partial charge in [0.05, 0.1) is 19.3 Å². The largest absolute Gasteiger partial charge is 0.497 e. The summed E-state index contributed by atoms with van der Waals surface area (Å²) in [4.78, 5) is 15.9. The first-order valence-electron chi connectivity index (χ1n) is 6.23. The van der Waals surface area contributed by atoms with Crippen LogP contribution in [0.4, 0.5) is 0 Å². The molecule has 0 aliphatic heterocycles. The summed E-state index contributed by atoms with van der Waals surface area (Å²) < 4.78 is 5.11. The second kappa shape index (κ2) is 6.68. The number of pyridine rings is 1. The number of nitrogens with zero attached hydrogens (tertiary/aromatic N) is 1. The third-order valence-electron chi connectivity index (χ3n) is 2.82. The molecule has 0 radical (unpaired) electrons. The maximum atomic E-state index is 11.8. The highest BCUT2D eigenvalue weighted by molar-refractivity contribution is 5.95. The first-order chi connectivity index (χ1) is 9.74. The number of aromatic nitrogens is 1. The Morgan fingerprint density at radius 3 is 2.65 bits per heavy atom. The first kappa shape index (κ1) is 14.0. The first-order valence-corrected chi connectivity index (χ1v) is 6.23. The molecule has 0 aliphatic rings. The maximum absolute atomic E-state index is 11.8. The molecule has 0 unspecified atom stereocenters. The van der Waals surface area contributed by atoms with Gasteiger partial charge in [0, 0.05) is 24.5 Å². The molecule has 0 atom stereocenters. The zero-order valence-corrected chi connectivity index (χ0v) is 11.2. The van der Waals surface area contributed by atoms with E-state index >= 15 is 0 Å². The molecule has 5 heteroatoms. The summed E-state index contributed by atoms with van der Waals surface area (Å²) in [5, 5.41) is 11.3. The van der Waals surface area contributed by atoms with Crippen molar-refractivity contribution in [3.8, 4) is 16.9 Å². The minimum absolute atomic E-state index is 0.0860. The van der Waals surface area contributed by atoms with E-state index in [1.54, 1.807) is 19.4 Å². The van der Waals surface area contributed by atoms with E-state index in [9.17, 15) is 4.79 Å². The highest BCUT2D eigenvalue weighted by Crippen LogP contribution is 2.22. The van der Waals surface area contributed by atoms with Gasteiger partial charge in [-0.15, -0.1) is 0 Å². The Hall–Kier alpha value is -2.40. The number of benzene rings is 1. The number of aliphatic hydroxyl groups excluding tert-OH is 1. The molecule has 0 spiro atoms. The monoisotopic (exact) mass is 272 g/mol. The van der Waals surface area contributed by atoms with Crippen molar-refractivity contribution in [3.63, 3.8) is 0 Å². The zero-order chi connectivity index (χ0) is 14.4. The summed E-state index contributed by atoms with van der Waals surface area (Å²) in [7, 11) is 1.61. The molecule has 1 amide bonds. The molecule has 2 aromatic rings. The molecule has 1 aromatic heterocycles. The van der Waals surface area contributed by atoms with Gasteiger partial charge in [0.15, 0.2) is 0 Å². The van der Waals surface area contributed by atoms with Crippen molar-refractivity contribution in [3.05, 3.63) is 48.3 Å². The molecule has 104 valence electrons. The summed E-state index contributed by atoms with van der Waals surface area (Å²) in [6.45, 7) is 0.142. The number of hydrogen-bond donors (Lipinski definition) is 2.